The zero-order valence-corrected chi connectivity index (χ0v) is 13.2. The predicted molar refractivity (Wildman–Crippen MR) is 81.0 cm³/mol. The zero-order chi connectivity index (χ0) is 15.1. The van der Waals surface area contributed by atoms with E-state index in [2.05, 4.69) is 18.8 Å². The van der Waals surface area contributed by atoms with Crippen molar-refractivity contribution in [1.82, 2.24) is 9.88 Å². The van der Waals surface area contributed by atoms with E-state index < -0.39 is 0 Å². The number of hydrogen-bond donors (Lipinski definition) is 0. The molecule has 0 aliphatic carbocycles. The van der Waals surface area contributed by atoms with E-state index in [0.717, 1.165) is 18.7 Å². The molecule has 0 bridgehead atoms. The number of methoxy groups -OCH3 is 1. The number of nitrogens with zero attached hydrogens (tertiary/aromatic N) is 2. The van der Waals surface area contributed by atoms with Gasteiger partial charge in [0.1, 0.15) is 5.69 Å². The maximum atomic E-state index is 12.3. The molecule has 0 spiro atoms. The Hall–Kier alpha value is -1.42. The highest BCUT2D eigenvalue weighted by atomic mass is 16.5. The van der Waals surface area contributed by atoms with Gasteiger partial charge in [0.05, 0.1) is 6.10 Å². The van der Waals surface area contributed by atoms with Crippen LogP contribution in [0.15, 0.2) is 18.2 Å². The quantitative estimate of drug-likeness (QED) is 0.853. The maximum absolute atomic E-state index is 12.3. The van der Waals surface area contributed by atoms with E-state index >= 15 is 0 Å². The first-order valence-electron chi connectivity index (χ1n) is 7.41. The van der Waals surface area contributed by atoms with Crippen LogP contribution in [-0.2, 0) is 4.74 Å². The second kappa shape index (κ2) is 8.00. The molecule has 1 aromatic heterocycles. The van der Waals surface area contributed by atoms with Gasteiger partial charge in [-0.15, -0.1) is 0 Å². The van der Waals surface area contributed by atoms with Gasteiger partial charge in [-0.1, -0.05) is 33.8 Å². The molecule has 0 radical (unpaired) electrons. The maximum Gasteiger partial charge on any atom is 0.272 e. The molecule has 1 fully saturated rings. The number of amides is 1. The van der Waals surface area contributed by atoms with E-state index in [0.29, 0.717) is 18.2 Å². The van der Waals surface area contributed by atoms with Crippen molar-refractivity contribution in [2.24, 2.45) is 0 Å². The summed E-state index contributed by atoms with van der Waals surface area (Å²) in [7, 11) is 1.69. The lowest BCUT2D eigenvalue weighted by Gasteiger charge is -2.16. The van der Waals surface area contributed by atoms with Gasteiger partial charge in [0.15, 0.2) is 0 Å². The van der Waals surface area contributed by atoms with Gasteiger partial charge in [0, 0.05) is 25.9 Å². The smallest absolute Gasteiger partial charge is 0.272 e. The third-order valence-corrected chi connectivity index (χ3v) is 3.35. The first-order valence-corrected chi connectivity index (χ1v) is 7.41. The van der Waals surface area contributed by atoms with E-state index in [1.807, 2.05) is 30.9 Å². The minimum absolute atomic E-state index is 0.0112. The molecule has 1 aliphatic heterocycles. The Morgan fingerprint density at radius 1 is 1.40 bits per heavy atom. The number of likely N-dealkylation sites (tertiary alicyclic amines) is 1. The number of rotatable bonds is 3. The van der Waals surface area contributed by atoms with Crippen LogP contribution in [0, 0.1) is 0 Å². The van der Waals surface area contributed by atoms with E-state index in [1.165, 1.54) is 0 Å². The third-order valence-electron chi connectivity index (χ3n) is 3.35. The van der Waals surface area contributed by atoms with Crippen LogP contribution in [0.25, 0.3) is 0 Å². The van der Waals surface area contributed by atoms with Crippen LogP contribution < -0.4 is 0 Å². The van der Waals surface area contributed by atoms with Gasteiger partial charge in [-0.25, -0.2) is 4.98 Å². The minimum atomic E-state index is 0.0112. The molecule has 1 aliphatic rings. The molecule has 2 rings (SSSR count). The highest BCUT2D eigenvalue weighted by molar-refractivity contribution is 5.92. The van der Waals surface area contributed by atoms with E-state index in [-0.39, 0.29) is 12.0 Å². The number of carbonyl (C=O) groups is 1. The summed E-state index contributed by atoms with van der Waals surface area (Å²) in [6.45, 7) is 9.58. The van der Waals surface area contributed by atoms with Gasteiger partial charge in [0.2, 0.25) is 0 Å². The summed E-state index contributed by atoms with van der Waals surface area (Å²) >= 11 is 0. The zero-order valence-electron chi connectivity index (χ0n) is 13.2. The molecule has 1 saturated heterocycles. The van der Waals surface area contributed by atoms with Crippen LogP contribution in [0.2, 0.25) is 0 Å². The molecule has 4 nitrogen and oxygen atoms in total. The van der Waals surface area contributed by atoms with Crippen LogP contribution in [0.1, 0.15) is 56.2 Å². The molecule has 0 N–H and O–H groups in total. The third kappa shape index (κ3) is 4.04. The second-order valence-electron chi connectivity index (χ2n) is 5.00. The highest BCUT2D eigenvalue weighted by Gasteiger charge is 2.27. The number of hydrogen-bond acceptors (Lipinski definition) is 3. The van der Waals surface area contributed by atoms with Crippen molar-refractivity contribution >= 4 is 5.91 Å². The minimum Gasteiger partial charge on any atom is -0.380 e. The average Bonchev–Trinajstić information content (AvgIpc) is 2.97. The second-order valence-corrected chi connectivity index (χ2v) is 5.00. The lowest BCUT2D eigenvalue weighted by molar-refractivity contribution is 0.0718. The molecular weight excluding hydrogens is 252 g/mol. The highest BCUT2D eigenvalue weighted by Crippen LogP contribution is 2.16. The molecule has 1 atom stereocenters. The van der Waals surface area contributed by atoms with Crippen LogP contribution in [0.5, 0.6) is 0 Å². The molecule has 1 aromatic rings. The summed E-state index contributed by atoms with van der Waals surface area (Å²) in [4.78, 5) is 18.5. The molecule has 2 heterocycles. The van der Waals surface area contributed by atoms with Gasteiger partial charge < -0.3 is 9.64 Å². The molecule has 20 heavy (non-hydrogen) atoms. The monoisotopic (exact) mass is 278 g/mol. The van der Waals surface area contributed by atoms with Crippen molar-refractivity contribution in [1.29, 1.82) is 0 Å². The number of pyridine rings is 1. The SMILES string of the molecule is CC.COC1CCN(C(=O)c2cccc(C(C)C)n2)C1. The molecule has 0 saturated carbocycles. The summed E-state index contributed by atoms with van der Waals surface area (Å²) in [5.41, 5.74) is 1.50. The van der Waals surface area contributed by atoms with Crippen molar-refractivity contribution in [3.63, 3.8) is 0 Å². The summed E-state index contributed by atoms with van der Waals surface area (Å²) in [5, 5.41) is 0. The lowest BCUT2D eigenvalue weighted by atomic mass is 10.1. The van der Waals surface area contributed by atoms with Crippen molar-refractivity contribution in [3.05, 3.63) is 29.6 Å². The summed E-state index contributed by atoms with van der Waals surface area (Å²) in [6, 6.07) is 5.65. The van der Waals surface area contributed by atoms with Gasteiger partial charge in [-0.05, 0) is 24.5 Å². The van der Waals surface area contributed by atoms with E-state index in [4.69, 9.17) is 4.74 Å². The van der Waals surface area contributed by atoms with Crippen molar-refractivity contribution in [2.75, 3.05) is 20.2 Å². The van der Waals surface area contributed by atoms with Crippen LogP contribution in [0.3, 0.4) is 0 Å². The Labute approximate surface area is 122 Å². The largest absolute Gasteiger partial charge is 0.380 e. The van der Waals surface area contributed by atoms with Crippen molar-refractivity contribution in [2.45, 2.75) is 46.1 Å². The molecule has 1 amide bonds. The molecule has 4 heteroatoms. The summed E-state index contributed by atoms with van der Waals surface area (Å²) in [5.74, 6) is 0.347. The first-order chi connectivity index (χ1) is 9.61. The Kier molecular flexibility index (Phi) is 6.65. The van der Waals surface area contributed by atoms with E-state index in [1.54, 1.807) is 13.2 Å². The summed E-state index contributed by atoms with van der Waals surface area (Å²) < 4.78 is 5.28. The van der Waals surface area contributed by atoms with Crippen molar-refractivity contribution in [3.8, 4) is 0 Å². The lowest BCUT2D eigenvalue weighted by Crippen LogP contribution is -2.30. The fourth-order valence-electron chi connectivity index (χ4n) is 2.16. The molecule has 112 valence electrons. The van der Waals surface area contributed by atoms with Gasteiger partial charge in [-0.2, -0.15) is 0 Å². The first kappa shape index (κ1) is 16.6. The fraction of sp³-hybridized carbons (Fsp3) is 0.625. The average molecular weight is 278 g/mol. The molecular formula is C16H26N2O2. The molecule has 0 aromatic carbocycles. The van der Waals surface area contributed by atoms with Gasteiger partial charge in [-0.3, -0.25) is 4.79 Å². The number of aromatic nitrogens is 1. The molecule has 1 unspecified atom stereocenters. The van der Waals surface area contributed by atoms with Gasteiger partial charge >= 0.3 is 0 Å². The number of ether oxygens (including phenoxy) is 1. The topological polar surface area (TPSA) is 42.4 Å². The standard InChI is InChI=1S/C14H20N2O2.C2H6/c1-10(2)12-5-4-6-13(15-12)14(17)16-8-7-11(9-16)18-3;1-2/h4-6,10-11H,7-9H2,1-3H3;1-2H3. The number of carbonyl (C=O) groups excluding carboxylic acids is 1. The predicted octanol–water partition coefficient (Wildman–Crippen LogP) is 3.09. The van der Waals surface area contributed by atoms with Gasteiger partial charge in [0.25, 0.3) is 5.91 Å². The van der Waals surface area contributed by atoms with Crippen molar-refractivity contribution < 1.29 is 9.53 Å². The van der Waals surface area contributed by atoms with Crippen LogP contribution in [0.4, 0.5) is 0 Å². The Balaban J connectivity index is 0.000000956. The summed E-state index contributed by atoms with van der Waals surface area (Å²) in [6.07, 6.45) is 1.08. The fourth-order valence-corrected chi connectivity index (χ4v) is 2.16. The van der Waals surface area contributed by atoms with E-state index in [9.17, 15) is 4.79 Å². The van der Waals surface area contributed by atoms with Crippen LogP contribution >= 0.6 is 0 Å². The Morgan fingerprint density at radius 3 is 2.65 bits per heavy atom. The Morgan fingerprint density at radius 2 is 2.10 bits per heavy atom. The normalized spacial score (nSPS) is 17.9. The Bertz CT molecular complexity index is 432. The van der Waals surface area contributed by atoms with Crippen LogP contribution in [-0.4, -0.2) is 42.1 Å².